The molecule has 2 heterocycles. The minimum Gasteiger partial charge on any atom is -0.369 e. The number of nitrogens with zero attached hydrogens (tertiary/aromatic N) is 2. The van der Waals surface area contributed by atoms with Crippen LogP contribution >= 0.6 is 0 Å². The molecule has 4 heteroatoms. The van der Waals surface area contributed by atoms with Crippen molar-refractivity contribution in [2.45, 2.75) is 19.8 Å². The largest absolute Gasteiger partial charge is 0.369 e. The predicted molar refractivity (Wildman–Crippen MR) is 60.7 cm³/mol. The topological polar surface area (TPSA) is 49.8 Å². The average molecular weight is 206 g/mol. The molecule has 1 aliphatic heterocycles. The molecule has 0 unspecified atom stereocenters. The number of nitrogens with one attached hydrogen (secondary N) is 2. The lowest BCUT2D eigenvalue weighted by atomic mass is 9.81. The van der Waals surface area contributed by atoms with Crippen molar-refractivity contribution in [1.29, 1.82) is 0 Å². The van der Waals surface area contributed by atoms with Gasteiger partial charge in [0.05, 0.1) is 0 Å². The second kappa shape index (κ2) is 4.57. The molecule has 1 aliphatic rings. The van der Waals surface area contributed by atoms with E-state index in [0.29, 0.717) is 5.41 Å². The molecule has 0 saturated carbocycles. The fourth-order valence-corrected chi connectivity index (χ4v) is 1.91. The van der Waals surface area contributed by atoms with Crippen molar-refractivity contribution < 1.29 is 0 Å². The van der Waals surface area contributed by atoms with Crippen molar-refractivity contribution in [1.82, 2.24) is 15.3 Å². The highest BCUT2D eigenvalue weighted by Gasteiger charge is 2.26. The molecule has 0 spiro atoms. The van der Waals surface area contributed by atoms with Crippen LogP contribution in [0.3, 0.4) is 0 Å². The summed E-state index contributed by atoms with van der Waals surface area (Å²) in [4.78, 5) is 8.05. The summed E-state index contributed by atoms with van der Waals surface area (Å²) >= 11 is 0. The van der Waals surface area contributed by atoms with Crippen LogP contribution in [-0.2, 0) is 0 Å². The fraction of sp³-hybridized carbons (Fsp3) is 0.636. The lowest BCUT2D eigenvalue weighted by molar-refractivity contribution is 0.247. The highest BCUT2D eigenvalue weighted by atomic mass is 15.0. The highest BCUT2D eigenvalue weighted by molar-refractivity contribution is 5.31. The highest BCUT2D eigenvalue weighted by Crippen LogP contribution is 2.27. The van der Waals surface area contributed by atoms with E-state index in [1.807, 2.05) is 6.07 Å². The summed E-state index contributed by atoms with van der Waals surface area (Å²) in [5.74, 6) is 0.921. The van der Waals surface area contributed by atoms with Gasteiger partial charge in [0.2, 0.25) is 0 Å². The molecule has 4 nitrogen and oxygen atoms in total. The second-order valence-electron chi connectivity index (χ2n) is 4.51. The molecule has 0 radical (unpaired) electrons. The van der Waals surface area contributed by atoms with Crippen molar-refractivity contribution in [2.75, 3.05) is 25.0 Å². The summed E-state index contributed by atoms with van der Waals surface area (Å²) in [5, 5.41) is 6.76. The minimum absolute atomic E-state index is 0.399. The second-order valence-corrected chi connectivity index (χ2v) is 4.51. The fourth-order valence-electron chi connectivity index (χ4n) is 1.91. The first-order valence-corrected chi connectivity index (χ1v) is 5.49. The maximum absolute atomic E-state index is 4.16. The van der Waals surface area contributed by atoms with E-state index in [0.717, 1.165) is 25.5 Å². The Morgan fingerprint density at radius 2 is 2.27 bits per heavy atom. The van der Waals surface area contributed by atoms with Crippen molar-refractivity contribution in [3.63, 3.8) is 0 Å². The average Bonchev–Trinajstić information content (AvgIpc) is 2.29. The van der Waals surface area contributed by atoms with Gasteiger partial charge in [-0.25, -0.2) is 9.97 Å². The van der Waals surface area contributed by atoms with Crippen LogP contribution in [0, 0.1) is 5.41 Å². The van der Waals surface area contributed by atoms with Gasteiger partial charge >= 0.3 is 0 Å². The van der Waals surface area contributed by atoms with Crippen LogP contribution in [0.25, 0.3) is 0 Å². The zero-order valence-electron chi connectivity index (χ0n) is 9.16. The standard InChI is InChI=1S/C11H18N4/c1-11(3-6-12-7-4-11)8-14-10-2-5-13-9-15-10/h2,5,9,12H,3-4,6-8H2,1H3,(H,13,14,15). The van der Waals surface area contributed by atoms with Crippen molar-refractivity contribution in [2.24, 2.45) is 5.41 Å². The van der Waals surface area contributed by atoms with Crippen molar-refractivity contribution in [3.05, 3.63) is 18.6 Å². The van der Waals surface area contributed by atoms with Gasteiger partial charge in [0, 0.05) is 12.7 Å². The molecule has 0 atom stereocenters. The summed E-state index contributed by atoms with van der Waals surface area (Å²) in [6.45, 7) is 5.58. The molecule has 2 N–H and O–H groups in total. The zero-order valence-corrected chi connectivity index (χ0v) is 9.16. The number of hydrogen-bond acceptors (Lipinski definition) is 4. The third kappa shape index (κ3) is 2.89. The van der Waals surface area contributed by atoms with E-state index in [9.17, 15) is 0 Å². The predicted octanol–water partition coefficient (Wildman–Crippen LogP) is 1.28. The van der Waals surface area contributed by atoms with Crippen LogP contribution in [-0.4, -0.2) is 29.6 Å². The maximum atomic E-state index is 4.16. The Morgan fingerprint density at radius 3 is 2.93 bits per heavy atom. The summed E-state index contributed by atoms with van der Waals surface area (Å²) in [5.41, 5.74) is 0.399. The Hall–Kier alpha value is -1.16. The lowest BCUT2D eigenvalue weighted by Crippen LogP contribution is -2.39. The van der Waals surface area contributed by atoms with E-state index >= 15 is 0 Å². The van der Waals surface area contributed by atoms with Gasteiger partial charge in [0.1, 0.15) is 12.1 Å². The first-order chi connectivity index (χ1) is 7.29. The van der Waals surface area contributed by atoms with Gasteiger partial charge in [0.15, 0.2) is 0 Å². The van der Waals surface area contributed by atoms with E-state index in [1.54, 1.807) is 12.5 Å². The molecular formula is C11H18N4. The monoisotopic (exact) mass is 206 g/mol. The summed E-state index contributed by atoms with van der Waals surface area (Å²) in [7, 11) is 0. The lowest BCUT2D eigenvalue weighted by Gasteiger charge is -2.34. The number of hydrogen-bond donors (Lipinski definition) is 2. The normalized spacial score (nSPS) is 19.8. The summed E-state index contributed by atoms with van der Waals surface area (Å²) in [6, 6.07) is 1.91. The Bertz CT molecular complexity index is 293. The minimum atomic E-state index is 0.399. The Morgan fingerprint density at radius 1 is 1.47 bits per heavy atom. The molecule has 0 amide bonds. The van der Waals surface area contributed by atoms with Crippen LogP contribution in [0.4, 0.5) is 5.82 Å². The van der Waals surface area contributed by atoms with E-state index in [4.69, 9.17) is 0 Å². The molecule has 1 fully saturated rings. The molecule has 2 rings (SSSR count). The van der Waals surface area contributed by atoms with Gasteiger partial charge in [-0.05, 0) is 37.4 Å². The van der Waals surface area contributed by atoms with Gasteiger partial charge in [-0.2, -0.15) is 0 Å². The first kappa shape index (κ1) is 10.4. The molecule has 82 valence electrons. The SMILES string of the molecule is CC1(CNc2ccncn2)CCNCC1. The smallest absolute Gasteiger partial charge is 0.129 e. The van der Waals surface area contributed by atoms with Gasteiger partial charge in [0.25, 0.3) is 0 Å². The van der Waals surface area contributed by atoms with Crippen molar-refractivity contribution in [3.8, 4) is 0 Å². The summed E-state index contributed by atoms with van der Waals surface area (Å²) in [6.07, 6.45) is 5.79. The van der Waals surface area contributed by atoms with Crippen LogP contribution < -0.4 is 10.6 Å². The molecule has 1 aromatic heterocycles. The number of anilines is 1. The summed E-state index contributed by atoms with van der Waals surface area (Å²) < 4.78 is 0. The van der Waals surface area contributed by atoms with Gasteiger partial charge in [-0.3, -0.25) is 0 Å². The van der Waals surface area contributed by atoms with E-state index in [2.05, 4.69) is 27.5 Å². The van der Waals surface area contributed by atoms with Gasteiger partial charge in [-0.1, -0.05) is 6.92 Å². The first-order valence-electron chi connectivity index (χ1n) is 5.49. The van der Waals surface area contributed by atoms with Crippen LogP contribution in [0.2, 0.25) is 0 Å². The molecular weight excluding hydrogens is 188 g/mol. The van der Waals surface area contributed by atoms with Crippen LogP contribution in [0.1, 0.15) is 19.8 Å². The molecule has 0 aromatic carbocycles. The van der Waals surface area contributed by atoms with E-state index in [1.165, 1.54) is 12.8 Å². The molecule has 1 saturated heterocycles. The zero-order chi connectivity index (χ0) is 10.6. The van der Waals surface area contributed by atoms with Crippen LogP contribution in [0.15, 0.2) is 18.6 Å². The van der Waals surface area contributed by atoms with E-state index < -0.39 is 0 Å². The Balaban J connectivity index is 1.87. The molecule has 0 aliphatic carbocycles. The number of piperidine rings is 1. The van der Waals surface area contributed by atoms with Crippen molar-refractivity contribution >= 4 is 5.82 Å². The Labute approximate surface area is 90.5 Å². The van der Waals surface area contributed by atoms with Gasteiger partial charge < -0.3 is 10.6 Å². The maximum Gasteiger partial charge on any atom is 0.129 e. The van der Waals surface area contributed by atoms with Gasteiger partial charge in [-0.15, -0.1) is 0 Å². The molecule has 1 aromatic rings. The third-order valence-corrected chi connectivity index (χ3v) is 3.09. The van der Waals surface area contributed by atoms with E-state index in [-0.39, 0.29) is 0 Å². The number of rotatable bonds is 3. The number of aromatic nitrogens is 2. The molecule has 15 heavy (non-hydrogen) atoms. The third-order valence-electron chi connectivity index (χ3n) is 3.09. The Kier molecular flexibility index (Phi) is 3.16. The quantitative estimate of drug-likeness (QED) is 0.782. The molecule has 0 bridgehead atoms. The van der Waals surface area contributed by atoms with Crippen LogP contribution in [0.5, 0.6) is 0 Å².